The normalized spacial score (nSPS) is 23.9. The highest BCUT2D eigenvalue weighted by molar-refractivity contribution is 6.15. The van der Waals surface area contributed by atoms with Crippen LogP contribution in [0.5, 0.6) is 0 Å². The van der Waals surface area contributed by atoms with Crippen LogP contribution in [0.3, 0.4) is 0 Å². The molecule has 1 spiro atoms. The average molecular weight is 441 g/mol. The van der Waals surface area contributed by atoms with Gasteiger partial charge in [0, 0.05) is 25.8 Å². The van der Waals surface area contributed by atoms with Crippen LogP contribution in [-0.2, 0) is 34.0 Å². The molecule has 1 saturated heterocycles. The van der Waals surface area contributed by atoms with Crippen LogP contribution >= 0.6 is 0 Å². The van der Waals surface area contributed by atoms with Crippen molar-refractivity contribution in [2.45, 2.75) is 31.2 Å². The highest BCUT2D eigenvalue weighted by atomic mass is 16.5. The van der Waals surface area contributed by atoms with E-state index in [0.29, 0.717) is 32.0 Å². The molecule has 1 amide bonds. The van der Waals surface area contributed by atoms with E-state index in [2.05, 4.69) is 9.89 Å². The molecule has 1 unspecified atom stereocenters. The second-order valence-corrected chi connectivity index (χ2v) is 7.90. The minimum atomic E-state index is -0.782. The van der Waals surface area contributed by atoms with E-state index in [9.17, 15) is 14.4 Å². The van der Waals surface area contributed by atoms with E-state index in [0.717, 1.165) is 11.3 Å². The van der Waals surface area contributed by atoms with Crippen LogP contribution < -0.4 is 4.90 Å². The van der Waals surface area contributed by atoms with Gasteiger partial charge in [0.1, 0.15) is 5.84 Å². The van der Waals surface area contributed by atoms with Gasteiger partial charge in [-0.25, -0.2) is 14.6 Å². The summed E-state index contributed by atoms with van der Waals surface area (Å²) in [5, 5.41) is 0. The molecule has 1 aromatic rings. The molecule has 1 fully saturated rings. The summed E-state index contributed by atoms with van der Waals surface area (Å²) in [6, 6.07) is 7.32. The number of hydrogen-bond acceptors (Lipinski definition) is 8. The molecule has 0 radical (unpaired) electrons. The summed E-state index contributed by atoms with van der Waals surface area (Å²) in [6.07, 6.45) is 0.744. The molecule has 32 heavy (non-hydrogen) atoms. The number of nitrogens with zero attached hydrogens (tertiary/aromatic N) is 3. The van der Waals surface area contributed by atoms with Crippen molar-refractivity contribution < 1.29 is 28.6 Å². The first-order valence-electron chi connectivity index (χ1n) is 10.6. The van der Waals surface area contributed by atoms with Gasteiger partial charge in [-0.3, -0.25) is 9.69 Å². The van der Waals surface area contributed by atoms with E-state index < -0.39 is 23.4 Å². The monoisotopic (exact) mass is 441 g/mol. The number of fused-ring (bicyclic) bond motifs is 1. The molecule has 3 aliphatic rings. The molecule has 1 aromatic carbocycles. The average Bonchev–Trinajstić information content (AvgIpc) is 3.11. The minimum absolute atomic E-state index is 0.0941. The van der Waals surface area contributed by atoms with E-state index in [4.69, 9.17) is 14.2 Å². The molecule has 4 rings (SSSR count). The van der Waals surface area contributed by atoms with Crippen molar-refractivity contribution in [3.05, 3.63) is 41.1 Å². The standard InChI is InChI=1S/C23H27N3O6/c1-5-25-15-9-7-6-8-14(15)23-11-10-16(27)26(12-13-30-2)22(23)24-18(21(29)32-4)17(19(23)25)20(28)31-3/h6-9,19H,5,10-13H2,1-4H3/t19?,23-/m0/s1. The largest absolute Gasteiger partial charge is 0.466 e. The lowest BCUT2D eigenvalue weighted by molar-refractivity contribution is -0.140. The lowest BCUT2D eigenvalue weighted by Gasteiger charge is -2.48. The number of amidine groups is 1. The minimum Gasteiger partial charge on any atom is -0.466 e. The predicted octanol–water partition coefficient (Wildman–Crippen LogP) is 1.41. The van der Waals surface area contributed by atoms with Crippen molar-refractivity contribution in [3.63, 3.8) is 0 Å². The molecule has 0 saturated carbocycles. The Morgan fingerprint density at radius 1 is 1.16 bits per heavy atom. The van der Waals surface area contributed by atoms with Crippen LogP contribution in [-0.4, -0.2) is 75.6 Å². The smallest absolute Gasteiger partial charge is 0.357 e. The molecule has 3 heterocycles. The van der Waals surface area contributed by atoms with Crippen molar-refractivity contribution in [3.8, 4) is 0 Å². The summed E-state index contributed by atoms with van der Waals surface area (Å²) in [6.45, 7) is 3.17. The van der Waals surface area contributed by atoms with Crippen LogP contribution in [0.25, 0.3) is 0 Å². The fraction of sp³-hybridized carbons (Fsp3) is 0.478. The fourth-order valence-corrected chi connectivity index (χ4v) is 5.27. The third-order valence-electron chi connectivity index (χ3n) is 6.55. The maximum absolute atomic E-state index is 13.1. The van der Waals surface area contributed by atoms with Crippen molar-refractivity contribution in [2.24, 2.45) is 4.99 Å². The molecule has 2 atom stereocenters. The third-order valence-corrected chi connectivity index (χ3v) is 6.55. The maximum atomic E-state index is 13.1. The number of amides is 1. The summed E-state index contributed by atoms with van der Waals surface area (Å²) in [5.41, 5.74) is 1.17. The van der Waals surface area contributed by atoms with Crippen molar-refractivity contribution in [1.29, 1.82) is 0 Å². The van der Waals surface area contributed by atoms with Gasteiger partial charge in [-0.2, -0.15) is 0 Å². The van der Waals surface area contributed by atoms with Gasteiger partial charge >= 0.3 is 11.9 Å². The van der Waals surface area contributed by atoms with Crippen molar-refractivity contribution in [2.75, 3.05) is 45.9 Å². The SMILES string of the molecule is CCN1c2ccccc2[C@]23CCC(=O)N(CCOC)C2=NC(C(=O)OC)=C(C(=O)OC)C13. The van der Waals surface area contributed by atoms with Gasteiger partial charge < -0.3 is 19.1 Å². The molecule has 9 nitrogen and oxygen atoms in total. The number of benzene rings is 1. The molecule has 9 heteroatoms. The number of carbonyl (C=O) groups excluding carboxylic acids is 3. The van der Waals surface area contributed by atoms with E-state index in [-0.39, 0.29) is 23.6 Å². The predicted molar refractivity (Wildman–Crippen MR) is 116 cm³/mol. The van der Waals surface area contributed by atoms with Crippen LogP contribution in [0.15, 0.2) is 40.5 Å². The van der Waals surface area contributed by atoms with Crippen LogP contribution in [0.4, 0.5) is 5.69 Å². The number of carbonyl (C=O) groups is 3. The van der Waals surface area contributed by atoms with Crippen LogP contribution in [0.2, 0.25) is 0 Å². The van der Waals surface area contributed by atoms with Gasteiger partial charge in [0.25, 0.3) is 0 Å². The van der Waals surface area contributed by atoms with E-state index >= 15 is 0 Å². The highest BCUT2D eigenvalue weighted by Crippen LogP contribution is 2.55. The highest BCUT2D eigenvalue weighted by Gasteiger charge is 2.62. The second-order valence-electron chi connectivity index (χ2n) is 7.90. The Bertz CT molecular complexity index is 1030. The molecular formula is C23H27N3O6. The number of likely N-dealkylation sites (N-methyl/N-ethyl adjacent to an activating group) is 1. The Morgan fingerprint density at radius 3 is 2.53 bits per heavy atom. The van der Waals surface area contributed by atoms with Crippen molar-refractivity contribution in [1.82, 2.24) is 4.90 Å². The summed E-state index contributed by atoms with van der Waals surface area (Å²) < 4.78 is 15.3. The Hall–Kier alpha value is -3.20. The number of likely N-dealkylation sites (tertiary alicyclic amines) is 1. The van der Waals surface area contributed by atoms with E-state index in [1.54, 1.807) is 12.0 Å². The van der Waals surface area contributed by atoms with E-state index in [1.165, 1.54) is 14.2 Å². The first-order chi connectivity index (χ1) is 15.5. The van der Waals surface area contributed by atoms with Gasteiger partial charge in [0.2, 0.25) is 5.91 Å². The summed E-state index contributed by atoms with van der Waals surface area (Å²) in [4.78, 5) is 47.1. The number of ether oxygens (including phenoxy) is 3. The number of piperidine rings is 1. The number of hydrogen-bond donors (Lipinski definition) is 0. The van der Waals surface area contributed by atoms with Crippen LogP contribution in [0, 0.1) is 0 Å². The molecule has 0 aromatic heterocycles. The van der Waals surface area contributed by atoms with Gasteiger partial charge in [0.05, 0.1) is 44.4 Å². The quantitative estimate of drug-likeness (QED) is 0.616. The van der Waals surface area contributed by atoms with Crippen molar-refractivity contribution >= 4 is 29.4 Å². The molecule has 0 aliphatic carbocycles. The summed E-state index contributed by atoms with van der Waals surface area (Å²) >= 11 is 0. The van der Waals surface area contributed by atoms with E-state index in [1.807, 2.05) is 31.2 Å². The molecular weight excluding hydrogens is 414 g/mol. The number of anilines is 1. The summed E-state index contributed by atoms with van der Waals surface area (Å²) in [5.74, 6) is -1.03. The Balaban J connectivity index is 2.06. The Kier molecular flexibility index (Phi) is 5.77. The summed E-state index contributed by atoms with van der Waals surface area (Å²) in [7, 11) is 4.08. The van der Waals surface area contributed by atoms with Gasteiger partial charge in [-0.05, 0) is 25.0 Å². The Labute approximate surface area is 186 Å². The zero-order valence-electron chi connectivity index (χ0n) is 18.7. The zero-order valence-corrected chi connectivity index (χ0v) is 18.7. The fourth-order valence-electron chi connectivity index (χ4n) is 5.27. The molecule has 170 valence electrons. The molecule has 0 N–H and O–H groups in total. The number of methoxy groups -OCH3 is 3. The zero-order chi connectivity index (χ0) is 23.0. The number of rotatable bonds is 6. The van der Waals surface area contributed by atoms with Gasteiger partial charge in [-0.1, -0.05) is 18.2 Å². The first kappa shape index (κ1) is 22.0. The number of para-hydroxylation sites is 1. The third kappa shape index (κ3) is 2.95. The maximum Gasteiger partial charge on any atom is 0.357 e. The lowest BCUT2D eigenvalue weighted by atomic mass is 9.65. The second kappa shape index (κ2) is 8.38. The Morgan fingerprint density at radius 2 is 1.88 bits per heavy atom. The van der Waals surface area contributed by atoms with Gasteiger partial charge in [0.15, 0.2) is 5.70 Å². The van der Waals surface area contributed by atoms with Crippen LogP contribution in [0.1, 0.15) is 25.3 Å². The van der Waals surface area contributed by atoms with Gasteiger partial charge in [-0.15, -0.1) is 0 Å². The number of aliphatic imine (C=N–C) groups is 1. The first-order valence-corrected chi connectivity index (χ1v) is 10.6. The number of esters is 2. The topological polar surface area (TPSA) is 97.7 Å². The molecule has 3 aliphatic heterocycles. The lowest BCUT2D eigenvalue weighted by Crippen LogP contribution is -2.63. The molecule has 0 bridgehead atoms.